The molecule has 1 unspecified atom stereocenters. The van der Waals surface area contributed by atoms with Crippen LogP contribution in [-0.2, 0) is 9.59 Å². The van der Waals surface area contributed by atoms with Crippen molar-refractivity contribution in [3.05, 3.63) is 59.4 Å². The van der Waals surface area contributed by atoms with Crippen LogP contribution in [0, 0.1) is 11.7 Å². The molecule has 0 aliphatic carbocycles. The van der Waals surface area contributed by atoms with E-state index in [0.717, 1.165) is 0 Å². The normalized spacial score (nSPS) is 17.4. The minimum atomic E-state index is -0.441. The van der Waals surface area contributed by atoms with Crippen molar-refractivity contribution in [2.24, 2.45) is 5.92 Å². The van der Waals surface area contributed by atoms with Gasteiger partial charge in [-0.15, -0.1) is 0 Å². The van der Waals surface area contributed by atoms with Gasteiger partial charge >= 0.3 is 0 Å². The highest BCUT2D eigenvalue weighted by molar-refractivity contribution is 6.30. The molecule has 2 aromatic rings. The Kier molecular flexibility index (Phi) is 4.30. The lowest BCUT2D eigenvalue weighted by Crippen LogP contribution is -2.28. The molecule has 118 valence electrons. The molecule has 1 heterocycles. The summed E-state index contributed by atoms with van der Waals surface area (Å²) in [6.07, 6.45) is 0.136. The lowest BCUT2D eigenvalue weighted by molar-refractivity contribution is -0.122. The number of amides is 2. The largest absolute Gasteiger partial charge is 0.326 e. The molecule has 1 saturated heterocycles. The number of hydrogen-bond donors (Lipinski definition) is 1. The second kappa shape index (κ2) is 6.38. The van der Waals surface area contributed by atoms with Gasteiger partial charge in [-0.3, -0.25) is 9.59 Å². The molecule has 4 nitrogen and oxygen atoms in total. The van der Waals surface area contributed by atoms with Crippen LogP contribution in [0.3, 0.4) is 0 Å². The van der Waals surface area contributed by atoms with Gasteiger partial charge in [0.15, 0.2) is 0 Å². The van der Waals surface area contributed by atoms with Crippen LogP contribution in [0.15, 0.2) is 48.5 Å². The van der Waals surface area contributed by atoms with Crippen LogP contribution in [0.1, 0.15) is 6.42 Å². The smallest absolute Gasteiger partial charge is 0.229 e. The third-order valence-electron chi connectivity index (χ3n) is 3.75. The fourth-order valence-corrected chi connectivity index (χ4v) is 2.66. The molecule has 23 heavy (non-hydrogen) atoms. The van der Waals surface area contributed by atoms with Gasteiger partial charge in [-0.05, 0) is 48.5 Å². The first-order chi connectivity index (χ1) is 11.0. The van der Waals surface area contributed by atoms with E-state index in [-0.39, 0.29) is 30.6 Å². The van der Waals surface area contributed by atoms with Gasteiger partial charge in [0, 0.05) is 29.4 Å². The van der Waals surface area contributed by atoms with Crippen molar-refractivity contribution in [3.63, 3.8) is 0 Å². The van der Waals surface area contributed by atoms with Gasteiger partial charge in [0.25, 0.3) is 0 Å². The van der Waals surface area contributed by atoms with Gasteiger partial charge in [-0.1, -0.05) is 11.6 Å². The number of nitrogens with zero attached hydrogens (tertiary/aromatic N) is 1. The number of halogens is 2. The summed E-state index contributed by atoms with van der Waals surface area (Å²) in [5, 5.41) is 3.36. The Morgan fingerprint density at radius 1 is 1.13 bits per heavy atom. The molecule has 2 amide bonds. The van der Waals surface area contributed by atoms with Gasteiger partial charge < -0.3 is 10.2 Å². The van der Waals surface area contributed by atoms with Crippen LogP contribution in [0.5, 0.6) is 0 Å². The summed E-state index contributed by atoms with van der Waals surface area (Å²) in [6, 6.07) is 12.4. The zero-order valence-electron chi connectivity index (χ0n) is 12.1. The van der Waals surface area contributed by atoms with Crippen LogP contribution in [0.4, 0.5) is 15.8 Å². The van der Waals surface area contributed by atoms with Crippen molar-refractivity contribution in [3.8, 4) is 0 Å². The van der Waals surface area contributed by atoms with E-state index in [9.17, 15) is 14.0 Å². The molecule has 0 radical (unpaired) electrons. The molecular formula is C17H14ClFN2O2. The van der Waals surface area contributed by atoms with E-state index in [1.807, 2.05) is 0 Å². The molecule has 1 N–H and O–H groups in total. The monoisotopic (exact) mass is 332 g/mol. The van der Waals surface area contributed by atoms with Gasteiger partial charge in [-0.2, -0.15) is 0 Å². The van der Waals surface area contributed by atoms with E-state index in [0.29, 0.717) is 16.4 Å². The van der Waals surface area contributed by atoms with Gasteiger partial charge in [0.2, 0.25) is 11.8 Å². The highest BCUT2D eigenvalue weighted by Crippen LogP contribution is 2.26. The van der Waals surface area contributed by atoms with Crippen molar-refractivity contribution in [2.45, 2.75) is 6.42 Å². The summed E-state index contributed by atoms with van der Waals surface area (Å²) in [4.78, 5) is 25.9. The summed E-state index contributed by atoms with van der Waals surface area (Å²) in [7, 11) is 0. The molecule has 0 bridgehead atoms. The molecule has 6 heteroatoms. The van der Waals surface area contributed by atoms with Gasteiger partial charge in [0.1, 0.15) is 5.82 Å². The van der Waals surface area contributed by atoms with Gasteiger partial charge in [0.05, 0.1) is 5.92 Å². The maximum absolute atomic E-state index is 13.0. The lowest BCUT2D eigenvalue weighted by Gasteiger charge is -2.16. The summed E-state index contributed by atoms with van der Waals surface area (Å²) in [5.41, 5.74) is 1.23. The predicted octanol–water partition coefficient (Wildman–Crippen LogP) is 3.47. The standard InChI is InChI=1S/C17H14ClFN2O2/c18-12-1-5-14(6-2-12)20-17(23)11-9-16(22)21(10-11)15-7-3-13(19)4-8-15/h1-8,11H,9-10H2,(H,20,23). The van der Waals surface area contributed by atoms with Crippen molar-refractivity contribution in [2.75, 3.05) is 16.8 Å². The van der Waals surface area contributed by atoms with Crippen molar-refractivity contribution in [1.82, 2.24) is 0 Å². The van der Waals surface area contributed by atoms with Crippen LogP contribution >= 0.6 is 11.6 Å². The van der Waals surface area contributed by atoms with E-state index in [2.05, 4.69) is 5.32 Å². The van der Waals surface area contributed by atoms with Gasteiger partial charge in [-0.25, -0.2) is 4.39 Å². The minimum absolute atomic E-state index is 0.136. The van der Waals surface area contributed by atoms with E-state index in [1.165, 1.54) is 29.2 Å². The Morgan fingerprint density at radius 3 is 2.43 bits per heavy atom. The first kappa shape index (κ1) is 15.5. The van der Waals surface area contributed by atoms with E-state index in [1.54, 1.807) is 24.3 Å². The number of rotatable bonds is 3. The molecule has 1 aliphatic heterocycles. The maximum Gasteiger partial charge on any atom is 0.229 e. The average molecular weight is 333 g/mol. The van der Waals surface area contributed by atoms with E-state index >= 15 is 0 Å². The average Bonchev–Trinajstić information content (AvgIpc) is 2.92. The Labute approximate surface area is 137 Å². The zero-order valence-corrected chi connectivity index (χ0v) is 12.9. The summed E-state index contributed by atoms with van der Waals surface area (Å²) in [5.74, 6) is -1.17. The summed E-state index contributed by atoms with van der Waals surface area (Å²) >= 11 is 5.80. The lowest BCUT2D eigenvalue weighted by atomic mass is 10.1. The van der Waals surface area contributed by atoms with Crippen LogP contribution < -0.4 is 10.2 Å². The Morgan fingerprint density at radius 2 is 1.78 bits per heavy atom. The third kappa shape index (κ3) is 3.51. The van der Waals surface area contributed by atoms with Crippen LogP contribution in [-0.4, -0.2) is 18.4 Å². The fraction of sp³-hybridized carbons (Fsp3) is 0.176. The number of anilines is 2. The first-order valence-electron chi connectivity index (χ1n) is 7.15. The highest BCUT2D eigenvalue weighted by Gasteiger charge is 2.35. The number of nitrogens with one attached hydrogen (secondary N) is 1. The maximum atomic E-state index is 13.0. The number of carbonyl (C=O) groups excluding carboxylic acids is 2. The topological polar surface area (TPSA) is 49.4 Å². The summed E-state index contributed by atoms with van der Waals surface area (Å²) in [6.45, 7) is 0.282. The Hall–Kier alpha value is -2.40. The van der Waals surface area contributed by atoms with Crippen LogP contribution in [0.2, 0.25) is 5.02 Å². The van der Waals surface area contributed by atoms with E-state index in [4.69, 9.17) is 11.6 Å². The Bertz CT molecular complexity index is 731. The van der Waals surface area contributed by atoms with Crippen molar-refractivity contribution >= 4 is 34.8 Å². The molecule has 1 aliphatic rings. The number of benzene rings is 2. The first-order valence-corrected chi connectivity index (χ1v) is 7.53. The molecular weight excluding hydrogens is 319 g/mol. The molecule has 0 saturated carbocycles. The molecule has 2 aromatic carbocycles. The van der Waals surface area contributed by atoms with Crippen molar-refractivity contribution < 1.29 is 14.0 Å². The summed E-state index contributed by atoms with van der Waals surface area (Å²) < 4.78 is 13.0. The molecule has 3 rings (SSSR count). The fourth-order valence-electron chi connectivity index (χ4n) is 2.53. The Balaban J connectivity index is 1.68. The highest BCUT2D eigenvalue weighted by atomic mass is 35.5. The second-order valence-corrected chi connectivity index (χ2v) is 5.81. The molecule has 1 atom stereocenters. The van der Waals surface area contributed by atoms with Crippen molar-refractivity contribution in [1.29, 1.82) is 0 Å². The molecule has 0 aromatic heterocycles. The number of hydrogen-bond acceptors (Lipinski definition) is 2. The number of carbonyl (C=O) groups is 2. The van der Waals surface area contributed by atoms with E-state index < -0.39 is 5.92 Å². The SMILES string of the molecule is O=C(Nc1ccc(Cl)cc1)C1CC(=O)N(c2ccc(F)cc2)C1. The second-order valence-electron chi connectivity index (χ2n) is 5.38. The molecule has 0 spiro atoms. The third-order valence-corrected chi connectivity index (χ3v) is 4.00. The zero-order chi connectivity index (χ0) is 16.4. The quantitative estimate of drug-likeness (QED) is 0.935. The minimum Gasteiger partial charge on any atom is -0.326 e. The molecule has 1 fully saturated rings. The predicted molar refractivity (Wildman–Crippen MR) is 86.9 cm³/mol. The van der Waals surface area contributed by atoms with Crippen LogP contribution in [0.25, 0.3) is 0 Å².